The molecule has 0 saturated carbocycles. The standard InChI is InChI=1S/C36H45N3O3/c1-6-10-22-38(23-11-7-2)27-19-20-29(32(25-27)41-24-12-8-3)36(30-17-15-21-37-34(30)35(40)42-36)33-26(5)39(9-4)31-18-14-13-16-28(31)33/h13-21,25H,6-12,22-24H2,1-5H3. The molecule has 6 nitrogen and oxygen atoms in total. The van der Waals surface area contributed by atoms with Gasteiger partial charge in [0.15, 0.2) is 11.3 Å². The molecule has 0 aliphatic carbocycles. The molecule has 0 spiro atoms. The molecule has 5 rings (SSSR count). The second-order valence-corrected chi connectivity index (χ2v) is 11.3. The molecular formula is C36H45N3O3. The molecule has 2 aromatic carbocycles. The van der Waals surface area contributed by atoms with Crippen molar-refractivity contribution < 1.29 is 14.3 Å². The lowest BCUT2D eigenvalue weighted by Crippen LogP contribution is -2.32. The maximum atomic E-state index is 13.6. The van der Waals surface area contributed by atoms with Crippen LogP contribution in [0.1, 0.15) is 99.1 Å². The quantitative estimate of drug-likeness (QED) is 0.113. The molecule has 0 radical (unpaired) electrons. The highest BCUT2D eigenvalue weighted by Gasteiger charge is 2.53. The van der Waals surface area contributed by atoms with Crippen molar-refractivity contribution in [3.63, 3.8) is 0 Å². The van der Waals surface area contributed by atoms with Crippen molar-refractivity contribution in [1.29, 1.82) is 0 Å². The molecule has 6 heteroatoms. The van der Waals surface area contributed by atoms with Gasteiger partial charge in [-0.05, 0) is 57.4 Å². The van der Waals surface area contributed by atoms with Gasteiger partial charge in [0.05, 0.1) is 6.61 Å². The number of carbonyl (C=O) groups is 1. The summed E-state index contributed by atoms with van der Waals surface area (Å²) in [6.07, 6.45) is 8.19. The number of hydrogen-bond acceptors (Lipinski definition) is 5. The van der Waals surface area contributed by atoms with Crippen LogP contribution in [0.3, 0.4) is 0 Å². The number of fused-ring (bicyclic) bond motifs is 2. The van der Waals surface area contributed by atoms with Crippen LogP contribution in [0, 0.1) is 6.92 Å². The predicted octanol–water partition coefficient (Wildman–Crippen LogP) is 8.41. The molecule has 42 heavy (non-hydrogen) atoms. The summed E-state index contributed by atoms with van der Waals surface area (Å²) in [6.45, 7) is 14.3. The maximum absolute atomic E-state index is 13.6. The van der Waals surface area contributed by atoms with Gasteiger partial charge in [0.2, 0.25) is 0 Å². The lowest BCUT2D eigenvalue weighted by Gasteiger charge is -2.33. The lowest BCUT2D eigenvalue weighted by atomic mass is 9.78. The number of para-hydroxylation sites is 1. The number of unbranched alkanes of at least 4 members (excludes halogenated alkanes) is 3. The second-order valence-electron chi connectivity index (χ2n) is 11.3. The van der Waals surface area contributed by atoms with Gasteiger partial charge in [-0.1, -0.05) is 64.3 Å². The third kappa shape index (κ3) is 5.16. The van der Waals surface area contributed by atoms with Crippen LogP contribution < -0.4 is 9.64 Å². The lowest BCUT2D eigenvalue weighted by molar-refractivity contribution is 0.0243. The minimum Gasteiger partial charge on any atom is -0.493 e. The van der Waals surface area contributed by atoms with Gasteiger partial charge >= 0.3 is 5.97 Å². The van der Waals surface area contributed by atoms with Gasteiger partial charge in [0.1, 0.15) is 5.75 Å². The zero-order valence-corrected chi connectivity index (χ0v) is 25.9. The number of esters is 1. The average Bonchev–Trinajstić information content (AvgIpc) is 3.47. The smallest absolute Gasteiger partial charge is 0.358 e. The first-order valence-electron chi connectivity index (χ1n) is 15.8. The molecule has 222 valence electrons. The van der Waals surface area contributed by atoms with Gasteiger partial charge in [0, 0.05) is 70.9 Å². The number of rotatable bonds is 14. The van der Waals surface area contributed by atoms with E-state index < -0.39 is 11.6 Å². The molecule has 0 bridgehead atoms. The fourth-order valence-electron chi connectivity index (χ4n) is 6.41. The summed E-state index contributed by atoms with van der Waals surface area (Å²) in [7, 11) is 0. The van der Waals surface area contributed by atoms with Crippen molar-refractivity contribution in [2.24, 2.45) is 0 Å². The van der Waals surface area contributed by atoms with Crippen LogP contribution in [-0.4, -0.2) is 35.2 Å². The average molecular weight is 568 g/mol. The Balaban J connectivity index is 1.80. The number of aromatic nitrogens is 2. The van der Waals surface area contributed by atoms with Gasteiger partial charge in [0.25, 0.3) is 0 Å². The van der Waals surface area contributed by atoms with Crippen molar-refractivity contribution >= 4 is 22.6 Å². The van der Waals surface area contributed by atoms with Crippen LogP contribution in [-0.2, 0) is 16.9 Å². The predicted molar refractivity (Wildman–Crippen MR) is 171 cm³/mol. The number of anilines is 1. The Bertz CT molecular complexity index is 1530. The Kier molecular flexibility index (Phi) is 9.20. The molecule has 1 atom stereocenters. The summed E-state index contributed by atoms with van der Waals surface area (Å²) in [5.74, 6) is 0.352. The number of benzene rings is 2. The van der Waals surface area contributed by atoms with Crippen molar-refractivity contribution in [2.45, 2.75) is 85.3 Å². The van der Waals surface area contributed by atoms with E-state index >= 15 is 0 Å². The molecule has 0 saturated heterocycles. The summed E-state index contributed by atoms with van der Waals surface area (Å²) < 4.78 is 15.5. The van der Waals surface area contributed by atoms with E-state index in [-0.39, 0.29) is 0 Å². The third-order valence-corrected chi connectivity index (χ3v) is 8.55. The highest BCUT2D eigenvalue weighted by atomic mass is 16.6. The van der Waals surface area contributed by atoms with Gasteiger partial charge in [-0.3, -0.25) is 0 Å². The molecule has 3 heterocycles. The molecule has 1 aliphatic heterocycles. The van der Waals surface area contributed by atoms with Gasteiger partial charge < -0.3 is 18.9 Å². The molecule has 0 amide bonds. The van der Waals surface area contributed by atoms with E-state index in [4.69, 9.17) is 9.47 Å². The third-order valence-electron chi connectivity index (χ3n) is 8.55. The van der Waals surface area contributed by atoms with Crippen LogP contribution in [0.4, 0.5) is 5.69 Å². The molecule has 2 aromatic heterocycles. The van der Waals surface area contributed by atoms with Crippen LogP contribution in [0.25, 0.3) is 10.9 Å². The summed E-state index contributed by atoms with van der Waals surface area (Å²) in [5.41, 5.74) is 5.08. The Morgan fingerprint density at radius 3 is 2.36 bits per heavy atom. The van der Waals surface area contributed by atoms with Crippen LogP contribution in [0.5, 0.6) is 5.75 Å². The zero-order valence-electron chi connectivity index (χ0n) is 25.9. The number of carbonyl (C=O) groups excluding carboxylic acids is 1. The van der Waals surface area contributed by atoms with Crippen LogP contribution in [0.15, 0.2) is 60.8 Å². The number of hydrogen-bond donors (Lipinski definition) is 0. The van der Waals surface area contributed by atoms with Crippen molar-refractivity contribution in [2.75, 3.05) is 24.6 Å². The normalized spacial score (nSPS) is 16.1. The fourth-order valence-corrected chi connectivity index (χ4v) is 6.41. The van der Waals surface area contributed by atoms with Gasteiger partial charge in [-0.25, -0.2) is 9.78 Å². The van der Waals surface area contributed by atoms with E-state index in [1.165, 1.54) is 0 Å². The first-order chi connectivity index (χ1) is 20.5. The van der Waals surface area contributed by atoms with Crippen molar-refractivity contribution in [3.8, 4) is 5.75 Å². The molecular weight excluding hydrogens is 522 g/mol. The topological polar surface area (TPSA) is 56.6 Å². The second kappa shape index (κ2) is 13.0. The van der Waals surface area contributed by atoms with Gasteiger partial charge in [-0.2, -0.15) is 0 Å². The molecule has 0 fully saturated rings. The number of cyclic esters (lactones) is 1. The van der Waals surface area contributed by atoms with Crippen LogP contribution >= 0.6 is 0 Å². The molecule has 1 unspecified atom stereocenters. The van der Waals surface area contributed by atoms with E-state index in [1.807, 2.05) is 12.1 Å². The largest absolute Gasteiger partial charge is 0.493 e. The zero-order chi connectivity index (χ0) is 29.7. The SMILES string of the molecule is CCCCOc1cc(N(CCCC)CCCC)ccc1C1(c2c(C)n(CC)c3ccccc23)OC(=O)c2ncccc21. The summed E-state index contributed by atoms with van der Waals surface area (Å²) in [6, 6.07) is 18.8. The first kappa shape index (κ1) is 29.7. The van der Waals surface area contributed by atoms with E-state index in [0.29, 0.717) is 12.3 Å². The van der Waals surface area contributed by atoms with E-state index in [0.717, 1.165) is 103 Å². The minimum atomic E-state index is -1.19. The van der Waals surface area contributed by atoms with E-state index in [9.17, 15) is 4.79 Å². The Labute approximate surface area is 250 Å². The van der Waals surface area contributed by atoms with Crippen molar-refractivity contribution in [1.82, 2.24) is 9.55 Å². The summed E-state index contributed by atoms with van der Waals surface area (Å²) in [5, 5.41) is 1.07. The number of pyridine rings is 1. The van der Waals surface area contributed by atoms with E-state index in [2.05, 4.69) is 91.5 Å². The fraction of sp³-hybridized carbons (Fsp3) is 0.444. The minimum absolute atomic E-state index is 0.362. The molecule has 0 N–H and O–H groups in total. The monoisotopic (exact) mass is 567 g/mol. The maximum Gasteiger partial charge on any atom is 0.358 e. The summed E-state index contributed by atoms with van der Waals surface area (Å²) in [4.78, 5) is 20.6. The molecule has 1 aliphatic rings. The first-order valence-corrected chi connectivity index (χ1v) is 15.8. The Morgan fingerprint density at radius 2 is 1.64 bits per heavy atom. The van der Waals surface area contributed by atoms with E-state index in [1.54, 1.807) is 6.20 Å². The number of aryl methyl sites for hydroxylation is 1. The van der Waals surface area contributed by atoms with Crippen molar-refractivity contribution in [3.05, 3.63) is 88.9 Å². The Hall–Kier alpha value is -3.80. The van der Waals surface area contributed by atoms with Crippen LogP contribution in [0.2, 0.25) is 0 Å². The summed E-state index contributed by atoms with van der Waals surface area (Å²) >= 11 is 0. The number of nitrogens with zero attached hydrogens (tertiary/aromatic N) is 3. The highest BCUT2D eigenvalue weighted by Crippen LogP contribution is 2.53. The highest BCUT2D eigenvalue weighted by molar-refractivity contribution is 5.97. The van der Waals surface area contributed by atoms with Gasteiger partial charge in [-0.15, -0.1) is 0 Å². The Morgan fingerprint density at radius 1 is 0.905 bits per heavy atom. The number of ether oxygens (including phenoxy) is 2. The molecule has 4 aromatic rings.